The first-order chi connectivity index (χ1) is 6.77. The number of rotatable bonds is 4. The highest BCUT2D eigenvalue weighted by molar-refractivity contribution is 7.99. The van der Waals surface area contributed by atoms with E-state index in [1.165, 1.54) is 0 Å². The summed E-state index contributed by atoms with van der Waals surface area (Å²) in [6.07, 6.45) is 1.37. The van der Waals surface area contributed by atoms with Gasteiger partial charge in [0.05, 0.1) is 18.3 Å². The number of hydrogen-bond acceptors (Lipinski definition) is 4. The average Bonchev–Trinajstić information content (AvgIpc) is 2.21. The van der Waals surface area contributed by atoms with Gasteiger partial charge in [-0.3, -0.25) is 4.79 Å². The van der Waals surface area contributed by atoms with Gasteiger partial charge < -0.3 is 9.47 Å². The predicted molar refractivity (Wildman–Crippen MR) is 57.2 cm³/mol. The highest BCUT2D eigenvalue weighted by atomic mass is 32.2. The van der Waals surface area contributed by atoms with Crippen LogP contribution in [0.4, 0.5) is 0 Å². The van der Waals surface area contributed by atoms with Crippen LogP contribution in [0.15, 0.2) is 0 Å². The summed E-state index contributed by atoms with van der Waals surface area (Å²) in [5.74, 6) is 1.69. The van der Waals surface area contributed by atoms with Crippen LogP contribution in [0.25, 0.3) is 0 Å². The van der Waals surface area contributed by atoms with Gasteiger partial charge in [0.2, 0.25) is 6.29 Å². The molecule has 0 saturated carbocycles. The van der Waals surface area contributed by atoms with Gasteiger partial charge in [-0.15, -0.1) is 0 Å². The summed E-state index contributed by atoms with van der Waals surface area (Å²) in [6.45, 7) is 4.70. The maximum absolute atomic E-state index is 11.6. The van der Waals surface area contributed by atoms with E-state index in [0.717, 1.165) is 24.3 Å². The van der Waals surface area contributed by atoms with Crippen molar-refractivity contribution in [2.24, 2.45) is 5.92 Å². The monoisotopic (exact) mass is 218 g/mol. The zero-order valence-electron chi connectivity index (χ0n) is 8.82. The molecule has 0 bridgehead atoms. The van der Waals surface area contributed by atoms with Gasteiger partial charge in [-0.2, -0.15) is 11.8 Å². The number of carbonyl (C=O) groups excluding carboxylic acids is 1. The molecular weight excluding hydrogens is 200 g/mol. The molecule has 1 heterocycles. The molecular formula is C10H18O3S. The summed E-state index contributed by atoms with van der Waals surface area (Å²) in [5, 5.41) is 0. The number of esters is 1. The fourth-order valence-corrected chi connectivity index (χ4v) is 2.12. The van der Waals surface area contributed by atoms with Gasteiger partial charge in [-0.25, -0.2) is 0 Å². The minimum absolute atomic E-state index is 0.0329. The molecule has 3 nitrogen and oxygen atoms in total. The Balaban J connectivity index is 2.30. The van der Waals surface area contributed by atoms with Crippen molar-refractivity contribution in [3.05, 3.63) is 0 Å². The van der Waals surface area contributed by atoms with Crippen molar-refractivity contribution in [1.29, 1.82) is 0 Å². The Bertz CT molecular complexity index is 174. The van der Waals surface area contributed by atoms with Crippen LogP contribution in [0.2, 0.25) is 0 Å². The highest BCUT2D eigenvalue weighted by Crippen LogP contribution is 2.17. The van der Waals surface area contributed by atoms with E-state index < -0.39 is 0 Å². The van der Waals surface area contributed by atoms with Crippen LogP contribution in [0.1, 0.15) is 26.7 Å². The summed E-state index contributed by atoms with van der Waals surface area (Å²) >= 11 is 1.77. The van der Waals surface area contributed by atoms with Crippen LogP contribution in [-0.4, -0.2) is 30.4 Å². The first-order valence-corrected chi connectivity index (χ1v) is 6.33. The lowest BCUT2D eigenvalue weighted by molar-refractivity contribution is -0.178. The molecule has 0 aliphatic carbocycles. The van der Waals surface area contributed by atoms with E-state index in [1.807, 2.05) is 13.8 Å². The molecule has 1 atom stereocenters. The van der Waals surface area contributed by atoms with Crippen molar-refractivity contribution >= 4 is 17.7 Å². The quantitative estimate of drug-likeness (QED) is 0.677. The van der Waals surface area contributed by atoms with Crippen molar-refractivity contribution in [2.75, 3.05) is 18.1 Å². The maximum Gasteiger partial charge on any atom is 0.311 e. The number of hydrogen-bond donors (Lipinski definition) is 0. The SMILES string of the molecule is CCC(CC)C(=O)OC1CSCCO1. The van der Waals surface area contributed by atoms with Crippen LogP contribution >= 0.6 is 11.8 Å². The first kappa shape index (κ1) is 11.9. The second-order valence-electron chi connectivity index (χ2n) is 3.33. The Morgan fingerprint density at radius 1 is 1.57 bits per heavy atom. The van der Waals surface area contributed by atoms with Gasteiger partial charge >= 0.3 is 5.97 Å². The Morgan fingerprint density at radius 2 is 2.29 bits per heavy atom. The van der Waals surface area contributed by atoms with Crippen LogP contribution in [0.3, 0.4) is 0 Å². The van der Waals surface area contributed by atoms with E-state index >= 15 is 0 Å². The zero-order valence-corrected chi connectivity index (χ0v) is 9.64. The van der Waals surface area contributed by atoms with E-state index in [1.54, 1.807) is 11.8 Å². The summed E-state index contributed by atoms with van der Waals surface area (Å²) in [7, 11) is 0. The van der Waals surface area contributed by atoms with Crippen LogP contribution < -0.4 is 0 Å². The number of carbonyl (C=O) groups is 1. The second-order valence-corrected chi connectivity index (χ2v) is 4.48. The summed E-state index contributed by atoms with van der Waals surface area (Å²) in [4.78, 5) is 11.6. The molecule has 1 fully saturated rings. The molecule has 0 N–H and O–H groups in total. The molecule has 0 amide bonds. The molecule has 1 aliphatic heterocycles. The molecule has 0 aromatic rings. The van der Waals surface area contributed by atoms with Crippen LogP contribution in [0.5, 0.6) is 0 Å². The fourth-order valence-electron chi connectivity index (χ4n) is 1.38. The van der Waals surface area contributed by atoms with E-state index in [0.29, 0.717) is 6.61 Å². The number of thioether (sulfide) groups is 1. The number of ether oxygens (including phenoxy) is 2. The lowest BCUT2D eigenvalue weighted by Crippen LogP contribution is -2.31. The standard InChI is InChI=1S/C10H18O3S/c1-3-8(4-2)10(11)13-9-7-14-6-5-12-9/h8-9H,3-7H2,1-2H3. The molecule has 4 heteroatoms. The summed E-state index contributed by atoms with van der Waals surface area (Å²) < 4.78 is 10.6. The topological polar surface area (TPSA) is 35.5 Å². The molecule has 82 valence electrons. The van der Waals surface area contributed by atoms with E-state index in [2.05, 4.69) is 0 Å². The zero-order chi connectivity index (χ0) is 10.4. The van der Waals surface area contributed by atoms with Gasteiger partial charge in [0.15, 0.2) is 0 Å². The largest absolute Gasteiger partial charge is 0.435 e. The molecule has 0 aromatic carbocycles. The maximum atomic E-state index is 11.6. The van der Waals surface area contributed by atoms with E-state index in [9.17, 15) is 4.79 Å². The molecule has 1 saturated heterocycles. The van der Waals surface area contributed by atoms with Crippen molar-refractivity contribution < 1.29 is 14.3 Å². The summed E-state index contributed by atoms with van der Waals surface area (Å²) in [6, 6.07) is 0. The average molecular weight is 218 g/mol. The molecule has 1 unspecified atom stereocenters. The van der Waals surface area contributed by atoms with E-state index in [4.69, 9.17) is 9.47 Å². The van der Waals surface area contributed by atoms with E-state index in [-0.39, 0.29) is 18.2 Å². The molecule has 1 rings (SSSR count). The lowest BCUT2D eigenvalue weighted by atomic mass is 10.0. The Labute approximate surface area is 89.5 Å². The predicted octanol–water partition coefficient (Wildman–Crippen LogP) is 2.06. The Hall–Kier alpha value is -0.220. The second kappa shape index (κ2) is 6.30. The molecule has 0 radical (unpaired) electrons. The summed E-state index contributed by atoms with van der Waals surface area (Å²) in [5.41, 5.74) is 0. The minimum atomic E-state index is -0.318. The molecule has 14 heavy (non-hydrogen) atoms. The molecule has 1 aliphatic rings. The van der Waals surface area contributed by atoms with Crippen molar-refractivity contribution in [3.8, 4) is 0 Å². The third-order valence-corrected chi connectivity index (χ3v) is 3.32. The molecule has 0 aromatic heterocycles. The lowest BCUT2D eigenvalue weighted by Gasteiger charge is -2.23. The van der Waals surface area contributed by atoms with Gasteiger partial charge in [0.1, 0.15) is 0 Å². The van der Waals surface area contributed by atoms with Crippen molar-refractivity contribution in [1.82, 2.24) is 0 Å². The third-order valence-electron chi connectivity index (χ3n) is 2.35. The normalized spacial score (nSPS) is 22.4. The first-order valence-electron chi connectivity index (χ1n) is 5.17. The highest BCUT2D eigenvalue weighted by Gasteiger charge is 2.22. The van der Waals surface area contributed by atoms with Gasteiger partial charge in [0, 0.05) is 5.75 Å². The Kier molecular flexibility index (Phi) is 5.33. The third kappa shape index (κ3) is 3.50. The van der Waals surface area contributed by atoms with Crippen LogP contribution in [0, 0.1) is 5.92 Å². The van der Waals surface area contributed by atoms with Gasteiger partial charge in [-0.1, -0.05) is 13.8 Å². The molecule has 0 spiro atoms. The van der Waals surface area contributed by atoms with Gasteiger partial charge in [-0.05, 0) is 12.8 Å². The minimum Gasteiger partial charge on any atom is -0.435 e. The smallest absolute Gasteiger partial charge is 0.311 e. The Morgan fingerprint density at radius 3 is 2.79 bits per heavy atom. The fraction of sp³-hybridized carbons (Fsp3) is 0.900. The van der Waals surface area contributed by atoms with Crippen molar-refractivity contribution in [2.45, 2.75) is 33.0 Å². The van der Waals surface area contributed by atoms with Crippen LogP contribution in [-0.2, 0) is 14.3 Å². The van der Waals surface area contributed by atoms with Gasteiger partial charge in [0.25, 0.3) is 0 Å². The van der Waals surface area contributed by atoms with Crippen molar-refractivity contribution in [3.63, 3.8) is 0 Å².